The van der Waals surface area contributed by atoms with Crippen LogP contribution in [0.25, 0.3) is 11.3 Å². The Hall–Kier alpha value is -2.60. The van der Waals surface area contributed by atoms with E-state index in [0.29, 0.717) is 5.13 Å². The lowest BCUT2D eigenvalue weighted by molar-refractivity contribution is 0.102. The van der Waals surface area contributed by atoms with E-state index in [2.05, 4.69) is 38.5 Å². The summed E-state index contributed by atoms with van der Waals surface area (Å²) in [6, 6.07) is 6.52. The molecule has 3 aromatic rings. The van der Waals surface area contributed by atoms with Crippen LogP contribution in [-0.4, -0.2) is 20.9 Å². The third-order valence-electron chi connectivity index (χ3n) is 4.13. The van der Waals surface area contributed by atoms with Gasteiger partial charge in [0.05, 0.1) is 17.6 Å². The predicted molar refractivity (Wildman–Crippen MR) is 94.3 cm³/mol. The molecule has 1 amide bonds. The number of nitrogens with zero attached hydrogens (tertiary/aromatic N) is 3. The van der Waals surface area contributed by atoms with Crippen molar-refractivity contribution >= 4 is 22.4 Å². The van der Waals surface area contributed by atoms with Crippen molar-refractivity contribution in [1.29, 1.82) is 0 Å². The Kier molecular flexibility index (Phi) is 3.82. The monoisotopic (exact) mass is 336 g/mol. The summed E-state index contributed by atoms with van der Waals surface area (Å²) < 4.78 is 0. The van der Waals surface area contributed by atoms with Crippen molar-refractivity contribution in [2.24, 2.45) is 0 Å². The first-order valence-corrected chi connectivity index (χ1v) is 8.75. The van der Waals surface area contributed by atoms with Crippen LogP contribution in [0.1, 0.15) is 33.7 Å². The molecular formula is C18H16N4OS. The fourth-order valence-electron chi connectivity index (χ4n) is 2.87. The highest BCUT2D eigenvalue weighted by Crippen LogP contribution is 2.30. The molecule has 5 nitrogen and oxygen atoms in total. The number of aryl methyl sites for hydroxylation is 3. The molecular weight excluding hydrogens is 320 g/mol. The van der Waals surface area contributed by atoms with Crippen LogP contribution in [0.4, 0.5) is 5.13 Å². The maximum absolute atomic E-state index is 12.2. The molecule has 2 aromatic heterocycles. The molecule has 120 valence electrons. The Morgan fingerprint density at radius 3 is 2.88 bits per heavy atom. The number of hydrogen-bond donors (Lipinski definition) is 1. The second-order valence-electron chi connectivity index (χ2n) is 5.87. The topological polar surface area (TPSA) is 67.8 Å². The molecule has 1 N–H and O–H groups in total. The van der Waals surface area contributed by atoms with E-state index >= 15 is 0 Å². The Labute approximate surface area is 143 Å². The number of thiazole rings is 1. The van der Waals surface area contributed by atoms with Crippen molar-refractivity contribution in [3.8, 4) is 11.3 Å². The van der Waals surface area contributed by atoms with Gasteiger partial charge >= 0.3 is 0 Å². The van der Waals surface area contributed by atoms with Crippen LogP contribution < -0.4 is 5.32 Å². The summed E-state index contributed by atoms with van der Waals surface area (Å²) in [4.78, 5) is 24.9. The number of carbonyl (C=O) groups excluding carboxylic acids is 1. The van der Waals surface area contributed by atoms with Crippen LogP contribution in [-0.2, 0) is 12.8 Å². The van der Waals surface area contributed by atoms with Gasteiger partial charge in [0.25, 0.3) is 5.91 Å². The number of carbonyl (C=O) groups is 1. The quantitative estimate of drug-likeness (QED) is 0.793. The number of fused-ring (bicyclic) bond motifs is 1. The molecule has 0 saturated carbocycles. The summed E-state index contributed by atoms with van der Waals surface area (Å²) in [6.07, 6.45) is 6.59. The highest BCUT2D eigenvalue weighted by Gasteiger charge is 2.14. The zero-order valence-corrected chi connectivity index (χ0v) is 14.1. The molecule has 4 rings (SSSR count). The number of nitrogens with one attached hydrogen (secondary N) is 1. The summed E-state index contributed by atoms with van der Waals surface area (Å²) in [5.74, 6) is -0.294. The van der Waals surface area contributed by atoms with Gasteiger partial charge in [-0.2, -0.15) is 0 Å². The molecule has 6 heteroatoms. The van der Waals surface area contributed by atoms with Crippen LogP contribution in [0.3, 0.4) is 0 Å². The van der Waals surface area contributed by atoms with E-state index in [-0.39, 0.29) is 11.6 Å². The van der Waals surface area contributed by atoms with E-state index in [1.807, 2.05) is 12.3 Å². The Balaban J connectivity index is 1.52. The molecule has 0 atom stereocenters. The lowest BCUT2D eigenvalue weighted by atomic mass is 10.1. The van der Waals surface area contributed by atoms with Crippen LogP contribution in [0.15, 0.2) is 36.0 Å². The molecule has 0 bridgehead atoms. The number of anilines is 1. The SMILES string of the molecule is Cc1cnc(C(=O)Nc2nc(-c3ccc4c(c3)CCC4)cs2)cn1. The summed E-state index contributed by atoms with van der Waals surface area (Å²) in [5.41, 5.74) is 5.92. The van der Waals surface area contributed by atoms with E-state index in [9.17, 15) is 4.79 Å². The molecule has 0 saturated heterocycles. The summed E-state index contributed by atoms with van der Waals surface area (Å²) in [5, 5.41) is 5.32. The van der Waals surface area contributed by atoms with Gasteiger partial charge in [0.15, 0.2) is 5.13 Å². The first-order chi connectivity index (χ1) is 11.7. The fourth-order valence-corrected chi connectivity index (χ4v) is 3.58. The minimum atomic E-state index is -0.294. The number of rotatable bonds is 3. The second kappa shape index (κ2) is 6.13. The Morgan fingerprint density at radius 2 is 2.04 bits per heavy atom. The Bertz CT molecular complexity index is 902. The van der Waals surface area contributed by atoms with Crippen molar-refractivity contribution in [3.63, 3.8) is 0 Å². The molecule has 0 radical (unpaired) electrons. The number of hydrogen-bond acceptors (Lipinski definition) is 5. The number of aromatic nitrogens is 3. The van der Waals surface area contributed by atoms with Gasteiger partial charge in [0.2, 0.25) is 0 Å². The average Bonchev–Trinajstić information content (AvgIpc) is 3.23. The number of benzene rings is 1. The van der Waals surface area contributed by atoms with E-state index in [1.165, 1.54) is 41.5 Å². The normalized spacial score (nSPS) is 12.9. The molecule has 1 aromatic carbocycles. The van der Waals surface area contributed by atoms with Gasteiger partial charge in [0.1, 0.15) is 5.69 Å². The van der Waals surface area contributed by atoms with Crippen molar-refractivity contribution in [2.45, 2.75) is 26.2 Å². The molecule has 24 heavy (non-hydrogen) atoms. The lowest BCUT2D eigenvalue weighted by Gasteiger charge is -2.02. The van der Waals surface area contributed by atoms with Gasteiger partial charge in [-0.3, -0.25) is 15.1 Å². The van der Waals surface area contributed by atoms with Gasteiger partial charge in [-0.15, -0.1) is 11.3 Å². The highest BCUT2D eigenvalue weighted by atomic mass is 32.1. The molecule has 0 aliphatic heterocycles. The van der Waals surface area contributed by atoms with Gasteiger partial charge in [-0.1, -0.05) is 12.1 Å². The zero-order chi connectivity index (χ0) is 16.5. The summed E-state index contributed by atoms with van der Waals surface area (Å²) >= 11 is 1.41. The summed E-state index contributed by atoms with van der Waals surface area (Å²) in [7, 11) is 0. The number of amides is 1. The van der Waals surface area contributed by atoms with Gasteiger partial charge in [0, 0.05) is 17.1 Å². The molecule has 0 unspecified atom stereocenters. The third-order valence-corrected chi connectivity index (χ3v) is 4.89. The predicted octanol–water partition coefficient (Wildman–Crippen LogP) is 3.65. The van der Waals surface area contributed by atoms with E-state index < -0.39 is 0 Å². The van der Waals surface area contributed by atoms with Crippen molar-refractivity contribution < 1.29 is 4.79 Å². The molecule has 0 fully saturated rings. The molecule has 0 spiro atoms. The van der Waals surface area contributed by atoms with E-state index in [0.717, 1.165) is 23.4 Å². The summed E-state index contributed by atoms with van der Waals surface area (Å²) in [6.45, 7) is 1.83. The van der Waals surface area contributed by atoms with Crippen molar-refractivity contribution in [1.82, 2.24) is 15.0 Å². The fraction of sp³-hybridized carbons (Fsp3) is 0.222. The highest BCUT2D eigenvalue weighted by molar-refractivity contribution is 7.14. The van der Waals surface area contributed by atoms with Gasteiger partial charge in [-0.25, -0.2) is 9.97 Å². The van der Waals surface area contributed by atoms with Crippen molar-refractivity contribution in [2.75, 3.05) is 5.32 Å². The molecule has 1 aliphatic carbocycles. The lowest BCUT2D eigenvalue weighted by Crippen LogP contribution is -2.13. The zero-order valence-electron chi connectivity index (χ0n) is 13.2. The molecule has 1 aliphatic rings. The molecule has 2 heterocycles. The minimum Gasteiger partial charge on any atom is -0.296 e. The van der Waals surface area contributed by atoms with Gasteiger partial charge in [-0.05, 0) is 43.4 Å². The standard InChI is InChI=1S/C18H16N4OS/c1-11-8-20-15(9-19-11)17(23)22-18-21-16(10-24-18)14-6-5-12-3-2-4-13(12)7-14/h5-10H,2-4H2,1H3,(H,21,22,23). The van der Waals surface area contributed by atoms with E-state index in [1.54, 1.807) is 6.20 Å². The maximum Gasteiger partial charge on any atom is 0.277 e. The van der Waals surface area contributed by atoms with E-state index in [4.69, 9.17) is 0 Å². The minimum absolute atomic E-state index is 0.287. The van der Waals surface area contributed by atoms with Crippen LogP contribution >= 0.6 is 11.3 Å². The second-order valence-corrected chi connectivity index (χ2v) is 6.73. The third kappa shape index (κ3) is 2.92. The maximum atomic E-state index is 12.2. The first-order valence-electron chi connectivity index (χ1n) is 7.87. The van der Waals surface area contributed by atoms with Crippen LogP contribution in [0, 0.1) is 6.92 Å². The van der Waals surface area contributed by atoms with Gasteiger partial charge < -0.3 is 0 Å². The Morgan fingerprint density at radius 1 is 1.17 bits per heavy atom. The van der Waals surface area contributed by atoms with Crippen LogP contribution in [0.2, 0.25) is 0 Å². The smallest absolute Gasteiger partial charge is 0.277 e. The first kappa shape index (κ1) is 15.0. The largest absolute Gasteiger partial charge is 0.296 e. The average molecular weight is 336 g/mol. The van der Waals surface area contributed by atoms with Crippen LogP contribution in [0.5, 0.6) is 0 Å². The van der Waals surface area contributed by atoms with Crippen molar-refractivity contribution in [3.05, 3.63) is 58.5 Å².